The van der Waals surface area contributed by atoms with Gasteiger partial charge in [-0.15, -0.1) is 0 Å². The van der Waals surface area contributed by atoms with Gasteiger partial charge in [0.25, 0.3) is 5.91 Å². The molecule has 3 N–H and O–H groups in total. The minimum absolute atomic E-state index is 0.214. The van der Waals surface area contributed by atoms with Gasteiger partial charge in [-0.1, -0.05) is 0 Å². The summed E-state index contributed by atoms with van der Waals surface area (Å²) in [4.78, 5) is 10.9. The van der Waals surface area contributed by atoms with Gasteiger partial charge in [-0.2, -0.15) is 5.10 Å². The third-order valence-electron chi connectivity index (χ3n) is 1.19. The first-order chi connectivity index (χ1) is 5.15. The molecule has 0 spiro atoms. The van der Waals surface area contributed by atoms with Gasteiger partial charge in [-0.25, -0.2) is 0 Å². The Balaban J connectivity index is 2.89. The third kappa shape index (κ3) is 1.54. The molecule has 0 aliphatic carbocycles. The number of carbonyl (C=O) groups excluding carboxylic acids is 1. The zero-order valence-electron chi connectivity index (χ0n) is 6.34. The number of hydrogen-bond donors (Lipinski definition) is 2. The number of allylic oxidation sites excluding steroid dienone is 1. The van der Waals surface area contributed by atoms with Crippen LogP contribution in [0.15, 0.2) is 15.7 Å². The van der Waals surface area contributed by atoms with E-state index in [1.54, 1.807) is 0 Å². The largest absolute Gasteiger partial charge is 0.322 e. The van der Waals surface area contributed by atoms with Crippen LogP contribution in [-0.2, 0) is 4.79 Å². The lowest BCUT2D eigenvalue weighted by molar-refractivity contribution is -0.113. The van der Waals surface area contributed by atoms with Crippen molar-refractivity contribution in [3.8, 4) is 0 Å². The molecule has 0 aromatic rings. The maximum atomic E-state index is 10.9. The summed E-state index contributed by atoms with van der Waals surface area (Å²) in [6, 6.07) is 0. The molecule has 5 heteroatoms. The predicted molar refractivity (Wildman–Crippen MR) is 45.7 cm³/mol. The highest BCUT2D eigenvalue weighted by Crippen LogP contribution is 2.24. The quantitative estimate of drug-likeness (QED) is 0.409. The number of nitrogens with zero attached hydrogens (tertiary/aromatic N) is 1. The number of hydrazone groups is 1. The molecule has 60 valence electrons. The summed E-state index contributed by atoms with van der Waals surface area (Å²) in [7, 11) is 0. The molecule has 11 heavy (non-hydrogen) atoms. The number of carbonyl (C=O) groups is 1. The summed E-state index contributed by atoms with van der Waals surface area (Å²) in [6.07, 6.45) is 0. The van der Waals surface area contributed by atoms with Gasteiger partial charge in [0.05, 0.1) is 5.03 Å². The van der Waals surface area contributed by atoms with E-state index >= 15 is 0 Å². The average Bonchev–Trinajstić information content (AvgIpc) is 2.31. The van der Waals surface area contributed by atoms with Crippen LogP contribution in [0.25, 0.3) is 0 Å². The molecule has 1 fully saturated rings. The van der Waals surface area contributed by atoms with Gasteiger partial charge >= 0.3 is 0 Å². The normalized spacial score (nSPS) is 20.7. The number of nitrogens with one attached hydrogen (secondary N) is 1. The standard InChI is InChI=1S/C6H9N3OS/c1-3(2)5-8-4(10)6(9-7)11-5/h7H2,1-2H3,(H,8,10). The van der Waals surface area contributed by atoms with E-state index in [1.807, 2.05) is 13.8 Å². The Morgan fingerprint density at radius 2 is 2.27 bits per heavy atom. The van der Waals surface area contributed by atoms with Crippen molar-refractivity contribution in [3.63, 3.8) is 0 Å². The lowest BCUT2D eigenvalue weighted by atomic mass is 10.4. The second kappa shape index (κ2) is 2.96. The molecule has 4 nitrogen and oxygen atoms in total. The van der Waals surface area contributed by atoms with E-state index in [9.17, 15) is 4.79 Å². The molecule has 0 atom stereocenters. The fourth-order valence-electron chi connectivity index (χ4n) is 0.637. The zero-order valence-corrected chi connectivity index (χ0v) is 7.16. The van der Waals surface area contributed by atoms with Gasteiger partial charge in [-0.3, -0.25) is 4.79 Å². The molecule has 1 aliphatic heterocycles. The smallest absolute Gasteiger partial charge is 0.283 e. The van der Waals surface area contributed by atoms with E-state index in [2.05, 4.69) is 10.4 Å². The molecule has 0 aromatic carbocycles. The highest BCUT2D eigenvalue weighted by atomic mass is 32.2. The van der Waals surface area contributed by atoms with Crippen LogP contribution in [0.5, 0.6) is 0 Å². The highest BCUT2D eigenvalue weighted by Gasteiger charge is 2.24. The number of nitrogens with two attached hydrogens (primary N) is 1. The number of thioether (sulfide) groups is 1. The summed E-state index contributed by atoms with van der Waals surface area (Å²) in [5, 5.41) is 7.13. The molecule has 0 aromatic heterocycles. The van der Waals surface area contributed by atoms with Crippen LogP contribution in [0.2, 0.25) is 0 Å². The molecule has 0 saturated carbocycles. The molecule has 0 unspecified atom stereocenters. The van der Waals surface area contributed by atoms with Gasteiger partial charge in [0.1, 0.15) is 0 Å². The zero-order chi connectivity index (χ0) is 8.43. The Morgan fingerprint density at radius 3 is 2.55 bits per heavy atom. The maximum Gasteiger partial charge on any atom is 0.283 e. The van der Waals surface area contributed by atoms with Crippen molar-refractivity contribution in [3.05, 3.63) is 10.6 Å². The third-order valence-corrected chi connectivity index (χ3v) is 2.39. The highest BCUT2D eigenvalue weighted by molar-refractivity contribution is 8.19. The van der Waals surface area contributed by atoms with Gasteiger partial charge < -0.3 is 11.2 Å². The lowest BCUT2D eigenvalue weighted by Gasteiger charge is -1.94. The summed E-state index contributed by atoms with van der Waals surface area (Å²) < 4.78 is 0. The molecule has 1 saturated heterocycles. The van der Waals surface area contributed by atoms with Crippen LogP contribution in [-0.4, -0.2) is 11.0 Å². The summed E-state index contributed by atoms with van der Waals surface area (Å²) in [6.45, 7) is 3.84. The van der Waals surface area contributed by atoms with Crippen molar-refractivity contribution in [2.45, 2.75) is 13.8 Å². The molecule has 0 radical (unpaired) electrons. The monoisotopic (exact) mass is 171 g/mol. The first-order valence-electron chi connectivity index (χ1n) is 3.09. The van der Waals surface area contributed by atoms with Crippen molar-refractivity contribution in [2.24, 2.45) is 10.9 Å². The molecular formula is C6H9N3OS. The van der Waals surface area contributed by atoms with Crippen molar-refractivity contribution < 1.29 is 4.79 Å². The van der Waals surface area contributed by atoms with E-state index in [-0.39, 0.29) is 5.91 Å². The molecule has 1 rings (SSSR count). The second-order valence-electron chi connectivity index (χ2n) is 2.32. The average molecular weight is 171 g/mol. The molecule has 1 aliphatic rings. The van der Waals surface area contributed by atoms with Crippen molar-refractivity contribution in [2.75, 3.05) is 0 Å². The first kappa shape index (κ1) is 8.13. The van der Waals surface area contributed by atoms with E-state index in [4.69, 9.17) is 5.84 Å². The first-order valence-corrected chi connectivity index (χ1v) is 3.91. The molecular weight excluding hydrogens is 162 g/mol. The molecule has 1 amide bonds. The maximum absolute atomic E-state index is 10.9. The Labute approximate surface area is 68.9 Å². The van der Waals surface area contributed by atoms with Crippen LogP contribution in [0, 0.1) is 0 Å². The Kier molecular flexibility index (Phi) is 2.19. The lowest BCUT2D eigenvalue weighted by Crippen LogP contribution is -2.19. The molecule has 1 heterocycles. The van der Waals surface area contributed by atoms with E-state index in [0.29, 0.717) is 5.04 Å². The Bertz CT molecular complexity index is 253. The fraction of sp³-hybridized carbons (Fsp3) is 0.333. The van der Waals surface area contributed by atoms with Crippen LogP contribution in [0.1, 0.15) is 13.8 Å². The van der Waals surface area contributed by atoms with Gasteiger partial charge in [-0.05, 0) is 31.2 Å². The summed E-state index contributed by atoms with van der Waals surface area (Å²) in [5.74, 6) is 4.76. The van der Waals surface area contributed by atoms with Crippen LogP contribution < -0.4 is 11.2 Å². The van der Waals surface area contributed by atoms with E-state index < -0.39 is 0 Å². The Morgan fingerprint density at radius 1 is 1.64 bits per heavy atom. The van der Waals surface area contributed by atoms with E-state index in [0.717, 1.165) is 10.6 Å². The SMILES string of the molecule is CC(C)=C1NC(=O)C(=NN)S1. The van der Waals surface area contributed by atoms with Crippen LogP contribution in [0.3, 0.4) is 0 Å². The van der Waals surface area contributed by atoms with Crippen LogP contribution in [0.4, 0.5) is 0 Å². The van der Waals surface area contributed by atoms with Gasteiger partial charge in [0, 0.05) is 0 Å². The van der Waals surface area contributed by atoms with Gasteiger partial charge in [0.15, 0.2) is 5.04 Å². The number of amides is 1. The second-order valence-corrected chi connectivity index (χ2v) is 3.32. The molecule has 0 bridgehead atoms. The van der Waals surface area contributed by atoms with E-state index in [1.165, 1.54) is 11.8 Å². The van der Waals surface area contributed by atoms with Crippen molar-refractivity contribution in [1.29, 1.82) is 0 Å². The minimum atomic E-state index is -0.214. The topological polar surface area (TPSA) is 67.5 Å². The minimum Gasteiger partial charge on any atom is -0.322 e. The van der Waals surface area contributed by atoms with Crippen molar-refractivity contribution in [1.82, 2.24) is 5.32 Å². The number of rotatable bonds is 0. The predicted octanol–water partition coefficient (Wildman–Crippen LogP) is 0.373. The van der Waals surface area contributed by atoms with Gasteiger partial charge in [0.2, 0.25) is 0 Å². The Hall–Kier alpha value is -0.970. The summed E-state index contributed by atoms with van der Waals surface area (Å²) >= 11 is 1.27. The van der Waals surface area contributed by atoms with Crippen molar-refractivity contribution >= 4 is 22.7 Å². The summed E-state index contributed by atoms with van der Waals surface area (Å²) in [5.41, 5.74) is 1.06. The fourth-order valence-corrected chi connectivity index (χ4v) is 1.37. The van der Waals surface area contributed by atoms with Crippen LogP contribution >= 0.6 is 11.8 Å². The number of hydrogen-bond acceptors (Lipinski definition) is 4.